The minimum atomic E-state index is 0.727. The maximum atomic E-state index is 4.90. The second-order valence-electron chi connectivity index (χ2n) is 10.6. The molecule has 0 aliphatic heterocycles. The van der Waals surface area contributed by atoms with E-state index in [9.17, 15) is 0 Å². The third kappa shape index (κ3) is 7.69. The van der Waals surface area contributed by atoms with Crippen molar-refractivity contribution >= 4 is 0 Å². The lowest BCUT2D eigenvalue weighted by molar-refractivity contribution is 0.155. The summed E-state index contributed by atoms with van der Waals surface area (Å²) in [5.41, 5.74) is 2.82. The molecule has 0 atom stereocenters. The molecule has 3 rings (SSSR count). The predicted molar refractivity (Wildman–Crippen MR) is 131 cm³/mol. The summed E-state index contributed by atoms with van der Waals surface area (Å²) >= 11 is 0. The average Bonchev–Trinajstić information content (AvgIpc) is 2.80. The van der Waals surface area contributed by atoms with Crippen LogP contribution in [0.2, 0.25) is 0 Å². The Balaban J connectivity index is 1.34. The van der Waals surface area contributed by atoms with Crippen LogP contribution in [0, 0.1) is 17.8 Å². The Bertz CT molecular complexity index is 546. The predicted octanol–water partition coefficient (Wildman–Crippen LogP) is 9.25. The van der Waals surface area contributed by atoms with Gasteiger partial charge < -0.3 is 0 Å². The van der Waals surface area contributed by atoms with Gasteiger partial charge in [-0.2, -0.15) is 0 Å². The van der Waals surface area contributed by atoms with E-state index < -0.39 is 0 Å². The lowest BCUT2D eigenvalue weighted by atomic mass is 9.68. The molecule has 2 aliphatic carbocycles. The smallest absolute Gasteiger partial charge is 0.0434 e. The molecule has 2 aliphatic rings. The number of nitrogens with zero attached hydrogens (tertiary/aromatic N) is 1. The van der Waals surface area contributed by atoms with Crippen LogP contribution in [0.25, 0.3) is 0 Å². The van der Waals surface area contributed by atoms with Crippen molar-refractivity contribution in [3.05, 3.63) is 29.6 Å². The molecular weight excluding hydrogens is 362 g/mol. The van der Waals surface area contributed by atoms with Crippen molar-refractivity contribution in [2.75, 3.05) is 0 Å². The molecule has 1 aromatic rings. The van der Waals surface area contributed by atoms with Crippen molar-refractivity contribution < 1.29 is 0 Å². The summed E-state index contributed by atoms with van der Waals surface area (Å²) < 4.78 is 0. The van der Waals surface area contributed by atoms with Crippen molar-refractivity contribution in [2.24, 2.45) is 17.8 Å². The number of aromatic nitrogens is 1. The van der Waals surface area contributed by atoms with Crippen LogP contribution in [0.4, 0.5) is 0 Å². The van der Waals surface area contributed by atoms with Crippen molar-refractivity contribution in [1.82, 2.24) is 4.98 Å². The highest BCUT2D eigenvalue weighted by atomic mass is 14.7. The van der Waals surface area contributed by atoms with Gasteiger partial charge >= 0.3 is 0 Å². The molecule has 1 nitrogen and oxygen atoms in total. The molecule has 0 saturated heterocycles. The third-order valence-electron chi connectivity index (χ3n) is 8.38. The number of aryl methyl sites for hydroxylation is 1. The first-order chi connectivity index (χ1) is 14.8. The van der Waals surface area contributed by atoms with E-state index >= 15 is 0 Å². The van der Waals surface area contributed by atoms with Crippen LogP contribution >= 0.6 is 0 Å². The Kier molecular flexibility index (Phi) is 10.7. The number of hydrogen-bond acceptors (Lipinski definition) is 1. The molecule has 0 bridgehead atoms. The first-order valence-corrected chi connectivity index (χ1v) is 13.7. The quantitative estimate of drug-likeness (QED) is 0.312. The first-order valence-electron chi connectivity index (χ1n) is 13.7. The average molecular weight is 412 g/mol. The molecule has 30 heavy (non-hydrogen) atoms. The SMILES string of the molecule is CCCCCCCc1ccc(C2CCC(C3CCC(CCCCC)CC3)CC2)nc1. The molecular formula is C29H49N. The van der Waals surface area contributed by atoms with Crippen LogP contribution in [-0.4, -0.2) is 4.98 Å². The van der Waals surface area contributed by atoms with E-state index in [1.54, 1.807) is 0 Å². The van der Waals surface area contributed by atoms with E-state index in [2.05, 4.69) is 32.2 Å². The van der Waals surface area contributed by atoms with Gasteiger partial charge in [0.1, 0.15) is 0 Å². The molecule has 1 heterocycles. The van der Waals surface area contributed by atoms with E-state index in [-0.39, 0.29) is 0 Å². The standard InChI is InChI=1S/C29H49N/c1-3-5-7-8-10-12-25-15-22-29(30-23-25)28-20-18-27(19-21-28)26-16-13-24(14-17-26)11-9-6-4-2/h15,22-24,26-28H,3-14,16-21H2,1-2H3. The fourth-order valence-electron chi connectivity index (χ4n) is 6.28. The highest BCUT2D eigenvalue weighted by Crippen LogP contribution is 2.44. The van der Waals surface area contributed by atoms with Gasteiger partial charge in [0.05, 0.1) is 0 Å². The topological polar surface area (TPSA) is 12.9 Å². The van der Waals surface area contributed by atoms with Gasteiger partial charge in [-0.3, -0.25) is 4.98 Å². The molecule has 0 spiro atoms. The summed E-state index contributed by atoms with van der Waals surface area (Å²) in [5, 5.41) is 0. The highest BCUT2D eigenvalue weighted by Gasteiger charge is 2.31. The van der Waals surface area contributed by atoms with Gasteiger partial charge in [0.2, 0.25) is 0 Å². The van der Waals surface area contributed by atoms with Gasteiger partial charge in [-0.25, -0.2) is 0 Å². The Morgan fingerprint density at radius 2 is 1.33 bits per heavy atom. The molecule has 0 aromatic carbocycles. The molecule has 2 fully saturated rings. The molecule has 170 valence electrons. The molecule has 0 amide bonds. The second-order valence-corrected chi connectivity index (χ2v) is 10.6. The van der Waals surface area contributed by atoms with Crippen LogP contribution in [-0.2, 0) is 6.42 Å². The van der Waals surface area contributed by atoms with E-state index in [1.165, 1.54) is 127 Å². The lowest BCUT2D eigenvalue weighted by Crippen LogP contribution is -2.25. The van der Waals surface area contributed by atoms with E-state index in [1.807, 2.05) is 0 Å². The summed E-state index contributed by atoms with van der Waals surface area (Å²) in [4.78, 5) is 4.90. The van der Waals surface area contributed by atoms with Gasteiger partial charge in [0.25, 0.3) is 0 Å². The minimum Gasteiger partial charge on any atom is -0.261 e. The highest BCUT2D eigenvalue weighted by molar-refractivity contribution is 5.17. The largest absolute Gasteiger partial charge is 0.261 e. The van der Waals surface area contributed by atoms with Crippen LogP contribution in [0.5, 0.6) is 0 Å². The van der Waals surface area contributed by atoms with Gasteiger partial charge in [-0.05, 0) is 80.8 Å². The van der Waals surface area contributed by atoms with Crippen LogP contribution in [0.3, 0.4) is 0 Å². The summed E-state index contributed by atoms with van der Waals surface area (Å²) in [6.07, 6.45) is 27.8. The van der Waals surface area contributed by atoms with Gasteiger partial charge in [-0.1, -0.05) is 84.1 Å². The summed E-state index contributed by atoms with van der Waals surface area (Å²) in [6, 6.07) is 4.72. The number of hydrogen-bond donors (Lipinski definition) is 0. The monoisotopic (exact) mass is 411 g/mol. The molecule has 1 aromatic heterocycles. The lowest BCUT2D eigenvalue weighted by Gasteiger charge is -2.38. The Morgan fingerprint density at radius 3 is 1.97 bits per heavy atom. The van der Waals surface area contributed by atoms with Gasteiger partial charge in [0, 0.05) is 17.8 Å². The van der Waals surface area contributed by atoms with E-state index in [0.29, 0.717) is 0 Å². The Morgan fingerprint density at radius 1 is 0.700 bits per heavy atom. The number of rotatable bonds is 12. The van der Waals surface area contributed by atoms with Crippen molar-refractivity contribution in [1.29, 1.82) is 0 Å². The maximum Gasteiger partial charge on any atom is 0.0434 e. The van der Waals surface area contributed by atoms with Gasteiger partial charge in [-0.15, -0.1) is 0 Å². The number of unbranched alkanes of at least 4 members (excludes halogenated alkanes) is 6. The zero-order valence-corrected chi connectivity index (χ0v) is 20.2. The second kappa shape index (κ2) is 13.5. The fraction of sp³-hybridized carbons (Fsp3) is 0.828. The zero-order valence-electron chi connectivity index (χ0n) is 20.2. The zero-order chi connectivity index (χ0) is 21.0. The van der Waals surface area contributed by atoms with Crippen molar-refractivity contribution in [3.8, 4) is 0 Å². The first kappa shape index (κ1) is 23.8. The van der Waals surface area contributed by atoms with E-state index in [4.69, 9.17) is 4.98 Å². The van der Waals surface area contributed by atoms with Crippen LogP contribution in [0.15, 0.2) is 18.3 Å². The molecule has 0 radical (unpaired) electrons. The molecule has 0 N–H and O–H groups in total. The molecule has 0 unspecified atom stereocenters. The Hall–Kier alpha value is -0.850. The number of pyridine rings is 1. The normalized spacial score (nSPS) is 27.3. The third-order valence-corrected chi connectivity index (χ3v) is 8.38. The summed E-state index contributed by atoms with van der Waals surface area (Å²) in [6.45, 7) is 4.61. The van der Waals surface area contributed by atoms with Crippen LogP contribution < -0.4 is 0 Å². The van der Waals surface area contributed by atoms with Crippen LogP contribution in [0.1, 0.15) is 140 Å². The fourth-order valence-corrected chi connectivity index (χ4v) is 6.28. The summed E-state index contributed by atoms with van der Waals surface area (Å²) in [5.74, 6) is 3.83. The molecule has 1 heteroatoms. The Labute approximate surface area is 187 Å². The van der Waals surface area contributed by atoms with Crippen molar-refractivity contribution in [2.45, 2.75) is 135 Å². The van der Waals surface area contributed by atoms with Gasteiger partial charge in [0.15, 0.2) is 0 Å². The van der Waals surface area contributed by atoms with E-state index in [0.717, 1.165) is 23.7 Å². The molecule has 2 saturated carbocycles. The minimum absolute atomic E-state index is 0.727. The maximum absolute atomic E-state index is 4.90. The summed E-state index contributed by atoms with van der Waals surface area (Å²) in [7, 11) is 0. The van der Waals surface area contributed by atoms with Crippen molar-refractivity contribution in [3.63, 3.8) is 0 Å².